The molecule has 0 saturated heterocycles. The van der Waals surface area contributed by atoms with Gasteiger partial charge in [0, 0.05) is 24.3 Å². The molecule has 120 valence electrons. The number of alkyl halides is 3. The maximum Gasteiger partial charge on any atom is 0.406 e. The van der Waals surface area contributed by atoms with Crippen LogP contribution >= 0.6 is 0 Å². The summed E-state index contributed by atoms with van der Waals surface area (Å²) >= 11 is 0. The van der Waals surface area contributed by atoms with Gasteiger partial charge in [0.05, 0.1) is 11.4 Å². The number of imidazole rings is 1. The molecule has 1 aromatic heterocycles. The summed E-state index contributed by atoms with van der Waals surface area (Å²) < 4.78 is 61.1. The molecule has 1 heterocycles. The number of rotatable bonds is 5. The Morgan fingerprint density at radius 3 is 2.68 bits per heavy atom. The van der Waals surface area contributed by atoms with E-state index in [0.717, 1.165) is 10.8 Å². The first kappa shape index (κ1) is 16.3. The zero-order chi connectivity index (χ0) is 16.4. The van der Waals surface area contributed by atoms with E-state index in [-0.39, 0.29) is 17.3 Å². The highest BCUT2D eigenvalue weighted by Crippen LogP contribution is 2.19. The van der Waals surface area contributed by atoms with Crippen LogP contribution in [0.3, 0.4) is 0 Å². The highest BCUT2D eigenvalue weighted by Gasteiger charge is 2.28. The zero-order valence-corrected chi connectivity index (χ0v) is 12.4. The fourth-order valence-electron chi connectivity index (χ4n) is 1.86. The number of nitrogens with zero attached hydrogens (tertiary/aromatic N) is 2. The van der Waals surface area contributed by atoms with E-state index in [0.29, 0.717) is 5.69 Å². The van der Waals surface area contributed by atoms with Gasteiger partial charge in [0.2, 0.25) is 0 Å². The minimum Gasteiger partial charge on any atom is -0.378 e. The summed E-state index contributed by atoms with van der Waals surface area (Å²) in [5.74, 6) is 0.210. The first-order chi connectivity index (χ1) is 10.1. The number of halogens is 3. The van der Waals surface area contributed by atoms with Crippen LogP contribution in [0, 0.1) is 0 Å². The SMILES string of the molecule is CS(=O)(=O)c1cccc(NCc2nccn2CC(F)(F)F)c1. The Kier molecular flexibility index (Phi) is 4.45. The number of aromatic nitrogens is 2. The van der Waals surface area contributed by atoms with E-state index in [2.05, 4.69) is 10.3 Å². The lowest BCUT2D eigenvalue weighted by molar-refractivity contribution is -0.141. The lowest BCUT2D eigenvalue weighted by Crippen LogP contribution is -2.20. The summed E-state index contributed by atoms with van der Waals surface area (Å²) in [6.07, 6.45) is -0.707. The van der Waals surface area contributed by atoms with Crippen molar-refractivity contribution in [2.24, 2.45) is 0 Å². The number of hydrogen-bond acceptors (Lipinski definition) is 4. The average Bonchev–Trinajstić information content (AvgIpc) is 2.81. The Bertz CT molecular complexity index is 754. The lowest BCUT2D eigenvalue weighted by Gasteiger charge is -2.12. The largest absolute Gasteiger partial charge is 0.406 e. The molecule has 0 amide bonds. The van der Waals surface area contributed by atoms with Crippen LogP contribution in [-0.2, 0) is 22.9 Å². The topological polar surface area (TPSA) is 64.0 Å². The predicted octanol–water partition coefficient (Wildman–Crippen LogP) is 2.46. The minimum atomic E-state index is -4.33. The van der Waals surface area contributed by atoms with Gasteiger partial charge in [-0.3, -0.25) is 0 Å². The maximum atomic E-state index is 12.4. The summed E-state index contributed by atoms with van der Waals surface area (Å²) in [6.45, 7) is -1.07. The molecule has 0 saturated carbocycles. The third-order valence-electron chi connectivity index (χ3n) is 2.86. The van der Waals surface area contributed by atoms with Gasteiger partial charge in [-0.25, -0.2) is 13.4 Å². The van der Waals surface area contributed by atoms with Crippen molar-refractivity contribution in [1.29, 1.82) is 0 Å². The molecule has 0 unspecified atom stereocenters. The normalized spacial score (nSPS) is 12.4. The Morgan fingerprint density at radius 2 is 2.05 bits per heavy atom. The van der Waals surface area contributed by atoms with Gasteiger partial charge in [0.15, 0.2) is 9.84 Å². The fourth-order valence-corrected chi connectivity index (χ4v) is 2.53. The molecule has 1 aromatic carbocycles. The Labute approximate surface area is 125 Å². The Morgan fingerprint density at radius 1 is 1.32 bits per heavy atom. The molecule has 22 heavy (non-hydrogen) atoms. The number of sulfone groups is 1. The van der Waals surface area contributed by atoms with Crippen LogP contribution in [0.5, 0.6) is 0 Å². The molecule has 9 heteroatoms. The molecule has 2 aromatic rings. The second kappa shape index (κ2) is 5.99. The lowest BCUT2D eigenvalue weighted by atomic mass is 10.3. The van der Waals surface area contributed by atoms with Crippen LogP contribution in [0.2, 0.25) is 0 Å². The van der Waals surface area contributed by atoms with Crippen LogP contribution < -0.4 is 5.32 Å². The third kappa shape index (κ3) is 4.48. The number of nitrogens with one attached hydrogen (secondary N) is 1. The van der Waals surface area contributed by atoms with E-state index < -0.39 is 22.6 Å². The zero-order valence-electron chi connectivity index (χ0n) is 11.6. The van der Waals surface area contributed by atoms with E-state index in [1.165, 1.54) is 24.5 Å². The molecule has 0 radical (unpaired) electrons. The molecule has 0 aliphatic carbocycles. The van der Waals surface area contributed by atoms with Gasteiger partial charge in [-0.2, -0.15) is 13.2 Å². The van der Waals surface area contributed by atoms with Crippen LogP contribution in [0.4, 0.5) is 18.9 Å². The average molecular weight is 333 g/mol. The molecule has 0 aliphatic rings. The van der Waals surface area contributed by atoms with Crippen molar-refractivity contribution in [2.75, 3.05) is 11.6 Å². The molecule has 2 rings (SSSR count). The monoisotopic (exact) mass is 333 g/mol. The van der Waals surface area contributed by atoms with E-state index >= 15 is 0 Å². The predicted molar refractivity (Wildman–Crippen MR) is 75.2 cm³/mol. The van der Waals surface area contributed by atoms with Crippen molar-refractivity contribution >= 4 is 15.5 Å². The van der Waals surface area contributed by atoms with E-state index in [1.54, 1.807) is 12.1 Å². The van der Waals surface area contributed by atoms with E-state index in [1.807, 2.05) is 0 Å². The van der Waals surface area contributed by atoms with Crippen molar-refractivity contribution in [3.63, 3.8) is 0 Å². The maximum absolute atomic E-state index is 12.4. The van der Waals surface area contributed by atoms with Crippen molar-refractivity contribution < 1.29 is 21.6 Å². The molecule has 5 nitrogen and oxygen atoms in total. The summed E-state index contributed by atoms with van der Waals surface area (Å²) in [5.41, 5.74) is 0.490. The van der Waals surface area contributed by atoms with E-state index in [9.17, 15) is 21.6 Å². The van der Waals surface area contributed by atoms with Crippen molar-refractivity contribution in [2.45, 2.75) is 24.2 Å². The minimum absolute atomic E-state index is 0.0519. The summed E-state index contributed by atoms with van der Waals surface area (Å²) in [4.78, 5) is 4.00. The molecule has 0 bridgehead atoms. The Balaban J connectivity index is 2.10. The first-order valence-corrected chi connectivity index (χ1v) is 8.15. The highest BCUT2D eigenvalue weighted by atomic mass is 32.2. The van der Waals surface area contributed by atoms with Crippen LogP contribution in [0.15, 0.2) is 41.6 Å². The van der Waals surface area contributed by atoms with Gasteiger partial charge in [-0.05, 0) is 18.2 Å². The van der Waals surface area contributed by atoms with Crippen molar-refractivity contribution in [3.8, 4) is 0 Å². The van der Waals surface area contributed by atoms with Gasteiger partial charge in [0.1, 0.15) is 12.4 Å². The molecule has 1 N–H and O–H groups in total. The smallest absolute Gasteiger partial charge is 0.378 e. The quantitative estimate of drug-likeness (QED) is 0.913. The van der Waals surface area contributed by atoms with Gasteiger partial charge in [0.25, 0.3) is 0 Å². The van der Waals surface area contributed by atoms with Crippen molar-refractivity contribution in [3.05, 3.63) is 42.5 Å². The molecule has 0 aliphatic heterocycles. The molecular formula is C13H14F3N3O2S. The fraction of sp³-hybridized carbons (Fsp3) is 0.308. The Hall–Kier alpha value is -2.03. The number of hydrogen-bond donors (Lipinski definition) is 1. The van der Waals surface area contributed by atoms with Gasteiger partial charge < -0.3 is 9.88 Å². The molecular weight excluding hydrogens is 319 g/mol. The summed E-state index contributed by atoms with van der Waals surface area (Å²) in [6, 6.07) is 6.06. The van der Waals surface area contributed by atoms with E-state index in [4.69, 9.17) is 0 Å². The summed E-state index contributed by atoms with van der Waals surface area (Å²) in [7, 11) is -3.34. The van der Waals surface area contributed by atoms with Crippen LogP contribution in [0.25, 0.3) is 0 Å². The third-order valence-corrected chi connectivity index (χ3v) is 3.97. The number of anilines is 1. The highest BCUT2D eigenvalue weighted by molar-refractivity contribution is 7.90. The van der Waals surface area contributed by atoms with Crippen LogP contribution in [0.1, 0.15) is 5.82 Å². The second-order valence-electron chi connectivity index (χ2n) is 4.74. The second-order valence-corrected chi connectivity index (χ2v) is 6.76. The van der Waals surface area contributed by atoms with Crippen LogP contribution in [-0.4, -0.2) is 30.4 Å². The molecule has 0 fully saturated rings. The molecule has 0 spiro atoms. The van der Waals surface area contributed by atoms with Gasteiger partial charge >= 0.3 is 6.18 Å². The first-order valence-electron chi connectivity index (χ1n) is 6.26. The van der Waals surface area contributed by atoms with Gasteiger partial charge in [-0.1, -0.05) is 6.07 Å². The van der Waals surface area contributed by atoms with Crippen molar-refractivity contribution in [1.82, 2.24) is 9.55 Å². The van der Waals surface area contributed by atoms with Gasteiger partial charge in [-0.15, -0.1) is 0 Å². The number of benzene rings is 1. The standard InChI is InChI=1S/C13H14F3N3O2S/c1-22(20,21)11-4-2-3-10(7-11)18-8-12-17-5-6-19(12)9-13(14,15)16/h2-7,18H,8-9H2,1H3. The molecule has 0 atom stereocenters. The summed E-state index contributed by atoms with van der Waals surface area (Å²) in [5, 5.41) is 2.87.